The summed E-state index contributed by atoms with van der Waals surface area (Å²) in [6.07, 6.45) is -0.939. The maximum absolute atomic E-state index is 12.7. The molecule has 4 rings (SSSR count). The SMILES string of the molecule is O=c1cc(CN2CCCN(c3ccc(C(F)(F)F)cn3)CC2)nc2sccn12. The molecule has 28 heavy (non-hydrogen) atoms. The number of thiazole rings is 1. The standard InChI is InChI=1S/C18H18F3N5OS/c19-18(20,21)13-2-3-15(22-11-13)25-5-1-4-24(6-7-25)12-14-10-16(27)26-8-9-28-17(26)23-14/h2-3,8-11H,1,4-7,12H2. The van der Waals surface area contributed by atoms with Crippen molar-refractivity contribution in [2.24, 2.45) is 0 Å². The van der Waals surface area contributed by atoms with E-state index in [0.29, 0.717) is 30.4 Å². The third-order valence-electron chi connectivity index (χ3n) is 4.73. The molecule has 148 valence electrons. The van der Waals surface area contributed by atoms with Gasteiger partial charge in [-0.05, 0) is 18.6 Å². The molecule has 0 atom stereocenters. The third-order valence-corrected chi connectivity index (χ3v) is 5.49. The number of alkyl halides is 3. The van der Waals surface area contributed by atoms with Gasteiger partial charge in [0.15, 0.2) is 4.96 Å². The number of halogens is 3. The summed E-state index contributed by atoms with van der Waals surface area (Å²) in [5.74, 6) is 0.547. The molecule has 0 unspecified atom stereocenters. The van der Waals surface area contributed by atoms with Crippen LogP contribution in [-0.4, -0.2) is 45.4 Å². The van der Waals surface area contributed by atoms with Crippen LogP contribution in [0.15, 0.2) is 40.8 Å². The second-order valence-electron chi connectivity index (χ2n) is 6.66. The Morgan fingerprint density at radius 3 is 2.75 bits per heavy atom. The second-order valence-corrected chi connectivity index (χ2v) is 7.53. The average molecular weight is 409 g/mol. The molecule has 0 aromatic carbocycles. The van der Waals surface area contributed by atoms with Crippen molar-refractivity contribution >= 4 is 22.1 Å². The van der Waals surface area contributed by atoms with E-state index in [0.717, 1.165) is 37.5 Å². The zero-order valence-electron chi connectivity index (χ0n) is 14.9. The molecule has 1 aliphatic heterocycles. The molecule has 3 aromatic rings. The average Bonchev–Trinajstić information content (AvgIpc) is 3.01. The Morgan fingerprint density at radius 1 is 1.14 bits per heavy atom. The molecule has 0 amide bonds. The molecule has 0 spiro atoms. The first kappa shape index (κ1) is 18.9. The smallest absolute Gasteiger partial charge is 0.355 e. The van der Waals surface area contributed by atoms with E-state index in [2.05, 4.69) is 14.9 Å². The van der Waals surface area contributed by atoms with Crippen molar-refractivity contribution in [3.05, 3.63) is 57.6 Å². The van der Waals surface area contributed by atoms with Gasteiger partial charge in [-0.2, -0.15) is 13.2 Å². The molecule has 4 heterocycles. The van der Waals surface area contributed by atoms with Gasteiger partial charge in [-0.1, -0.05) is 0 Å². The molecule has 0 bridgehead atoms. The predicted octanol–water partition coefficient (Wildman–Crippen LogP) is 2.88. The summed E-state index contributed by atoms with van der Waals surface area (Å²) in [4.78, 5) is 25.5. The number of pyridine rings is 1. The Labute approximate surface area is 162 Å². The van der Waals surface area contributed by atoms with Crippen LogP contribution in [0.5, 0.6) is 0 Å². The maximum atomic E-state index is 12.7. The molecule has 6 nitrogen and oxygen atoms in total. The minimum absolute atomic E-state index is 0.0911. The summed E-state index contributed by atoms with van der Waals surface area (Å²) in [7, 11) is 0. The van der Waals surface area contributed by atoms with Gasteiger partial charge in [-0.15, -0.1) is 11.3 Å². The summed E-state index contributed by atoms with van der Waals surface area (Å²) in [6.45, 7) is 3.47. The van der Waals surface area contributed by atoms with Gasteiger partial charge in [-0.3, -0.25) is 14.1 Å². The molecule has 0 aliphatic carbocycles. The maximum Gasteiger partial charge on any atom is 0.417 e. The van der Waals surface area contributed by atoms with Gasteiger partial charge in [0.1, 0.15) is 5.82 Å². The lowest BCUT2D eigenvalue weighted by atomic mass is 10.2. The first-order chi connectivity index (χ1) is 13.4. The number of anilines is 1. The van der Waals surface area contributed by atoms with Gasteiger partial charge < -0.3 is 4.90 Å². The number of fused-ring (bicyclic) bond motifs is 1. The minimum Gasteiger partial charge on any atom is -0.355 e. The van der Waals surface area contributed by atoms with Crippen LogP contribution in [0.25, 0.3) is 4.96 Å². The van der Waals surface area contributed by atoms with Crippen LogP contribution in [-0.2, 0) is 12.7 Å². The number of hydrogen-bond donors (Lipinski definition) is 0. The fourth-order valence-corrected chi connectivity index (χ4v) is 4.04. The Morgan fingerprint density at radius 2 is 2.00 bits per heavy atom. The molecular formula is C18H18F3N5OS. The number of hydrogen-bond acceptors (Lipinski definition) is 6. The van der Waals surface area contributed by atoms with Crippen LogP contribution in [0.1, 0.15) is 17.7 Å². The van der Waals surface area contributed by atoms with Gasteiger partial charge >= 0.3 is 6.18 Å². The van der Waals surface area contributed by atoms with E-state index < -0.39 is 11.7 Å². The van der Waals surface area contributed by atoms with Crippen molar-refractivity contribution < 1.29 is 13.2 Å². The van der Waals surface area contributed by atoms with Crippen molar-refractivity contribution in [1.82, 2.24) is 19.3 Å². The monoisotopic (exact) mass is 409 g/mol. The van der Waals surface area contributed by atoms with Gasteiger partial charge in [0, 0.05) is 56.6 Å². The quantitative estimate of drug-likeness (QED) is 0.666. The zero-order valence-corrected chi connectivity index (χ0v) is 15.7. The largest absolute Gasteiger partial charge is 0.417 e. The molecule has 1 fully saturated rings. The Bertz CT molecular complexity index is 1010. The van der Waals surface area contributed by atoms with E-state index >= 15 is 0 Å². The van der Waals surface area contributed by atoms with Crippen molar-refractivity contribution in [3.63, 3.8) is 0 Å². The highest BCUT2D eigenvalue weighted by molar-refractivity contribution is 7.15. The fourth-order valence-electron chi connectivity index (χ4n) is 3.30. The van der Waals surface area contributed by atoms with Crippen LogP contribution >= 0.6 is 11.3 Å². The molecule has 0 N–H and O–H groups in total. The number of rotatable bonds is 3. The number of aromatic nitrogens is 3. The van der Waals surface area contributed by atoms with E-state index in [9.17, 15) is 18.0 Å². The lowest BCUT2D eigenvalue weighted by Crippen LogP contribution is -2.31. The summed E-state index contributed by atoms with van der Waals surface area (Å²) >= 11 is 1.42. The summed E-state index contributed by atoms with van der Waals surface area (Å²) in [5, 5.41) is 1.83. The highest BCUT2D eigenvalue weighted by atomic mass is 32.1. The summed E-state index contributed by atoms with van der Waals surface area (Å²) in [6, 6.07) is 4.05. The third kappa shape index (κ3) is 4.02. The van der Waals surface area contributed by atoms with Gasteiger partial charge in [0.05, 0.1) is 11.3 Å². The van der Waals surface area contributed by atoms with Crippen LogP contribution < -0.4 is 10.5 Å². The number of nitrogens with zero attached hydrogens (tertiary/aromatic N) is 5. The van der Waals surface area contributed by atoms with Gasteiger partial charge in [0.2, 0.25) is 0 Å². The Hall–Kier alpha value is -2.46. The van der Waals surface area contributed by atoms with Crippen molar-refractivity contribution in [3.8, 4) is 0 Å². The molecule has 1 aliphatic rings. The Kier molecular flexibility index (Phi) is 5.07. The van der Waals surface area contributed by atoms with E-state index in [-0.39, 0.29) is 5.56 Å². The van der Waals surface area contributed by atoms with Crippen LogP contribution in [0, 0.1) is 0 Å². The topological polar surface area (TPSA) is 53.7 Å². The Balaban J connectivity index is 1.42. The summed E-state index contributed by atoms with van der Waals surface area (Å²) < 4.78 is 39.6. The van der Waals surface area contributed by atoms with Crippen LogP contribution in [0.3, 0.4) is 0 Å². The van der Waals surface area contributed by atoms with E-state index in [4.69, 9.17) is 0 Å². The zero-order chi connectivity index (χ0) is 19.7. The van der Waals surface area contributed by atoms with Gasteiger partial charge in [-0.25, -0.2) is 9.97 Å². The predicted molar refractivity (Wildman–Crippen MR) is 101 cm³/mol. The highest BCUT2D eigenvalue weighted by Crippen LogP contribution is 2.29. The van der Waals surface area contributed by atoms with Crippen molar-refractivity contribution in [2.45, 2.75) is 19.1 Å². The normalized spacial score (nSPS) is 16.5. The molecule has 10 heteroatoms. The van der Waals surface area contributed by atoms with Crippen molar-refractivity contribution in [2.75, 3.05) is 31.1 Å². The minimum atomic E-state index is -4.38. The van der Waals surface area contributed by atoms with Crippen molar-refractivity contribution in [1.29, 1.82) is 0 Å². The van der Waals surface area contributed by atoms with E-state index in [1.54, 1.807) is 12.3 Å². The lowest BCUT2D eigenvalue weighted by molar-refractivity contribution is -0.137. The fraction of sp³-hybridized carbons (Fsp3) is 0.389. The van der Waals surface area contributed by atoms with Gasteiger partial charge in [0.25, 0.3) is 5.56 Å². The van der Waals surface area contributed by atoms with E-state index in [1.165, 1.54) is 21.8 Å². The summed E-state index contributed by atoms with van der Waals surface area (Å²) in [5.41, 5.74) is -0.103. The van der Waals surface area contributed by atoms with E-state index in [1.807, 2.05) is 10.3 Å². The first-order valence-corrected chi connectivity index (χ1v) is 9.74. The van der Waals surface area contributed by atoms with Crippen LogP contribution in [0.2, 0.25) is 0 Å². The molecular weight excluding hydrogens is 391 g/mol. The second kappa shape index (κ2) is 7.51. The molecule has 3 aromatic heterocycles. The van der Waals surface area contributed by atoms with Crippen LogP contribution in [0.4, 0.5) is 19.0 Å². The molecule has 0 radical (unpaired) electrons. The highest BCUT2D eigenvalue weighted by Gasteiger charge is 2.31. The molecule has 1 saturated heterocycles. The first-order valence-electron chi connectivity index (χ1n) is 8.86. The molecule has 0 saturated carbocycles. The lowest BCUT2D eigenvalue weighted by Gasteiger charge is -2.23.